The predicted molar refractivity (Wildman–Crippen MR) is 74.7 cm³/mol. The summed E-state index contributed by atoms with van der Waals surface area (Å²) in [5, 5.41) is 14.0. The Hall–Kier alpha value is -2.68. The lowest BCUT2D eigenvalue weighted by atomic mass is 10.2. The quantitative estimate of drug-likeness (QED) is 0.787. The second-order valence-electron chi connectivity index (χ2n) is 4.72. The molecule has 0 aliphatic rings. The molecule has 0 aliphatic carbocycles. The molecule has 0 saturated heterocycles. The summed E-state index contributed by atoms with van der Waals surface area (Å²) in [4.78, 5) is 11.6. The molecular weight excluding hydrogens is 252 g/mol. The van der Waals surface area contributed by atoms with Crippen molar-refractivity contribution in [3.63, 3.8) is 0 Å². The van der Waals surface area contributed by atoms with Crippen LogP contribution in [-0.4, -0.2) is 24.7 Å². The molecule has 0 saturated carbocycles. The molecule has 100 valence electrons. The van der Waals surface area contributed by atoms with Gasteiger partial charge in [0, 0.05) is 29.8 Å². The highest BCUT2D eigenvalue weighted by Gasteiger charge is 2.11. The van der Waals surface area contributed by atoms with Gasteiger partial charge in [-0.1, -0.05) is 0 Å². The maximum absolute atomic E-state index is 8.64. The number of nitrogens with zero attached hydrogens (tertiary/aromatic N) is 5. The highest BCUT2D eigenvalue weighted by atomic mass is 15.3. The van der Waals surface area contributed by atoms with E-state index in [1.54, 1.807) is 12.5 Å². The Balaban J connectivity index is 1.94. The number of aromatic nitrogens is 5. The molecule has 3 aromatic rings. The van der Waals surface area contributed by atoms with Gasteiger partial charge in [-0.05, 0) is 19.4 Å². The molecule has 1 atom stereocenters. The lowest BCUT2D eigenvalue weighted by Crippen LogP contribution is -2.04. The summed E-state index contributed by atoms with van der Waals surface area (Å²) >= 11 is 0. The zero-order valence-electron chi connectivity index (χ0n) is 11.1. The van der Waals surface area contributed by atoms with Gasteiger partial charge in [-0.2, -0.15) is 10.4 Å². The highest BCUT2D eigenvalue weighted by molar-refractivity contribution is 5.89. The molecule has 1 unspecified atom stereocenters. The highest BCUT2D eigenvalue weighted by Crippen LogP contribution is 2.25. The smallest absolute Gasteiger partial charge is 0.141 e. The largest absolute Gasteiger partial charge is 0.346 e. The van der Waals surface area contributed by atoms with Gasteiger partial charge in [-0.15, -0.1) is 0 Å². The van der Waals surface area contributed by atoms with Crippen LogP contribution < -0.4 is 0 Å². The third kappa shape index (κ3) is 2.14. The molecule has 0 spiro atoms. The third-order valence-electron chi connectivity index (χ3n) is 3.35. The standard InChI is InChI=1S/C14H14N6/c1-10(3-2-5-15)20-8-11(7-19-20)13-12-4-6-16-14(12)18-9-17-13/h4,6-10H,2-3H2,1H3,(H,16,17,18). The zero-order chi connectivity index (χ0) is 13.9. The Morgan fingerprint density at radius 3 is 3.20 bits per heavy atom. The Kier molecular flexibility index (Phi) is 3.17. The summed E-state index contributed by atoms with van der Waals surface area (Å²) in [5.74, 6) is 0. The van der Waals surface area contributed by atoms with Crippen LogP contribution in [0.25, 0.3) is 22.3 Å². The van der Waals surface area contributed by atoms with E-state index < -0.39 is 0 Å². The molecule has 0 bridgehead atoms. The van der Waals surface area contributed by atoms with E-state index in [9.17, 15) is 0 Å². The minimum atomic E-state index is 0.201. The van der Waals surface area contributed by atoms with Crippen molar-refractivity contribution in [1.29, 1.82) is 5.26 Å². The van der Waals surface area contributed by atoms with Gasteiger partial charge < -0.3 is 4.98 Å². The molecule has 1 N–H and O–H groups in total. The molecule has 0 amide bonds. The van der Waals surface area contributed by atoms with Crippen LogP contribution in [0.15, 0.2) is 31.0 Å². The summed E-state index contributed by atoms with van der Waals surface area (Å²) in [6.07, 6.45) is 8.49. The van der Waals surface area contributed by atoms with E-state index in [4.69, 9.17) is 5.26 Å². The minimum absolute atomic E-state index is 0.201. The number of aromatic amines is 1. The van der Waals surface area contributed by atoms with Crippen molar-refractivity contribution in [2.24, 2.45) is 0 Å². The molecule has 0 radical (unpaired) electrons. The first-order chi connectivity index (χ1) is 9.79. The van der Waals surface area contributed by atoms with Crippen molar-refractivity contribution in [3.05, 3.63) is 31.0 Å². The number of H-pyrrole nitrogens is 1. The van der Waals surface area contributed by atoms with E-state index in [1.807, 2.05) is 23.1 Å². The summed E-state index contributed by atoms with van der Waals surface area (Å²) in [7, 11) is 0. The van der Waals surface area contributed by atoms with E-state index >= 15 is 0 Å². The molecule has 3 aromatic heterocycles. The monoisotopic (exact) mass is 266 g/mol. The van der Waals surface area contributed by atoms with Gasteiger partial charge in [-0.3, -0.25) is 4.68 Å². The fraction of sp³-hybridized carbons (Fsp3) is 0.286. The van der Waals surface area contributed by atoms with Crippen LogP contribution >= 0.6 is 0 Å². The fourth-order valence-corrected chi connectivity index (χ4v) is 2.21. The first kappa shape index (κ1) is 12.4. The van der Waals surface area contributed by atoms with E-state index in [0.29, 0.717) is 6.42 Å². The first-order valence-corrected chi connectivity index (χ1v) is 6.49. The molecule has 20 heavy (non-hydrogen) atoms. The lowest BCUT2D eigenvalue weighted by molar-refractivity contribution is 0.465. The number of nitriles is 1. The van der Waals surface area contributed by atoms with Crippen LogP contribution in [0, 0.1) is 11.3 Å². The molecule has 6 nitrogen and oxygen atoms in total. The summed E-state index contributed by atoms with van der Waals surface area (Å²) in [6, 6.07) is 4.32. The van der Waals surface area contributed by atoms with Gasteiger partial charge >= 0.3 is 0 Å². The first-order valence-electron chi connectivity index (χ1n) is 6.49. The van der Waals surface area contributed by atoms with Crippen LogP contribution in [0.2, 0.25) is 0 Å². The van der Waals surface area contributed by atoms with E-state index in [-0.39, 0.29) is 6.04 Å². The zero-order valence-corrected chi connectivity index (χ0v) is 11.1. The molecular formula is C14H14N6. The predicted octanol–water partition coefficient (Wildman–Crippen LogP) is 2.69. The van der Waals surface area contributed by atoms with Crippen molar-refractivity contribution in [2.45, 2.75) is 25.8 Å². The molecule has 0 fully saturated rings. The van der Waals surface area contributed by atoms with E-state index in [0.717, 1.165) is 28.7 Å². The average Bonchev–Trinajstić information content (AvgIpc) is 3.12. The van der Waals surface area contributed by atoms with Crippen LogP contribution in [0.4, 0.5) is 0 Å². The summed E-state index contributed by atoms with van der Waals surface area (Å²) in [6.45, 7) is 2.06. The maximum Gasteiger partial charge on any atom is 0.141 e. The second-order valence-corrected chi connectivity index (χ2v) is 4.72. The van der Waals surface area contributed by atoms with Gasteiger partial charge in [0.25, 0.3) is 0 Å². The van der Waals surface area contributed by atoms with Gasteiger partial charge in [-0.25, -0.2) is 9.97 Å². The second kappa shape index (κ2) is 5.13. The van der Waals surface area contributed by atoms with Gasteiger partial charge in [0.05, 0.1) is 24.0 Å². The summed E-state index contributed by atoms with van der Waals surface area (Å²) < 4.78 is 1.88. The van der Waals surface area contributed by atoms with E-state index in [2.05, 4.69) is 33.0 Å². The van der Waals surface area contributed by atoms with Crippen molar-refractivity contribution in [3.8, 4) is 17.3 Å². The maximum atomic E-state index is 8.64. The number of hydrogen-bond donors (Lipinski definition) is 1. The van der Waals surface area contributed by atoms with Gasteiger partial charge in [0.1, 0.15) is 12.0 Å². The Labute approximate surface area is 116 Å². The molecule has 3 rings (SSSR count). The Bertz CT molecular complexity index is 763. The van der Waals surface area contributed by atoms with Crippen LogP contribution in [0.5, 0.6) is 0 Å². The van der Waals surface area contributed by atoms with Crippen molar-refractivity contribution >= 4 is 11.0 Å². The molecule has 3 heterocycles. The number of hydrogen-bond acceptors (Lipinski definition) is 4. The Morgan fingerprint density at radius 2 is 2.35 bits per heavy atom. The normalized spacial score (nSPS) is 12.4. The average molecular weight is 266 g/mol. The number of fused-ring (bicyclic) bond motifs is 1. The van der Waals surface area contributed by atoms with Crippen LogP contribution in [0.3, 0.4) is 0 Å². The van der Waals surface area contributed by atoms with Gasteiger partial charge in [0.2, 0.25) is 0 Å². The summed E-state index contributed by atoms with van der Waals surface area (Å²) in [5.41, 5.74) is 2.65. The Morgan fingerprint density at radius 1 is 1.45 bits per heavy atom. The SMILES string of the molecule is CC(CCC#N)n1cc(-c2ncnc3[nH]ccc23)cn1. The molecule has 0 aliphatic heterocycles. The minimum Gasteiger partial charge on any atom is -0.346 e. The third-order valence-corrected chi connectivity index (χ3v) is 3.35. The molecule has 0 aromatic carbocycles. The van der Waals surface area contributed by atoms with E-state index in [1.165, 1.54) is 0 Å². The fourth-order valence-electron chi connectivity index (χ4n) is 2.21. The lowest BCUT2D eigenvalue weighted by Gasteiger charge is -2.09. The molecule has 6 heteroatoms. The van der Waals surface area contributed by atoms with Crippen LogP contribution in [-0.2, 0) is 0 Å². The number of rotatable bonds is 4. The van der Waals surface area contributed by atoms with Gasteiger partial charge in [0.15, 0.2) is 0 Å². The van der Waals surface area contributed by atoms with Crippen molar-refractivity contribution in [1.82, 2.24) is 24.7 Å². The van der Waals surface area contributed by atoms with Crippen molar-refractivity contribution in [2.75, 3.05) is 0 Å². The van der Waals surface area contributed by atoms with Crippen molar-refractivity contribution < 1.29 is 0 Å². The van der Waals surface area contributed by atoms with Crippen LogP contribution in [0.1, 0.15) is 25.8 Å². The topological polar surface area (TPSA) is 83.2 Å². The number of nitrogens with one attached hydrogen (secondary N) is 1.